The molecule has 1 aromatic carbocycles. The molecule has 29 heavy (non-hydrogen) atoms. The molecule has 0 bridgehead atoms. The van der Waals surface area contributed by atoms with Crippen molar-refractivity contribution in [2.45, 2.75) is 25.3 Å². The van der Waals surface area contributed by atoms with E-state index in [4.69, 9.17) is 4.74 Å². The Kier molecular flexibility index (Phi) is 5.57. The molecule has 0 saturated carbocycles. The lowest BCUT2D eigenvalue weighted by Gasteiger charge is -2.32. The lowest BCUT2D eigenvalue weighted by molar-refractivity contribution is -0.133. The molecule has 0 spiro atoms. The van der Waals surface area contributed by atoms with Gasteiger partial charge in [0.1, 0.15) is 5.39 Å². The predicted octanol–water partition coefficient (Wildman–Crippen LogP) is 1.55. The Balaban J connectivity index is 1.48. The number of ether oxygens (including phenoxy) is 1. The summed E-state index contributed by atoms with van der Waals surface area (Å²) in [5.74, 6) is 0.536. The highest BCUT2D eigenvalue weighted by molar-refractivity contribution is 5.77. The van der Waals surface area contributed by atoms with Gasteiger partial charge in [0.25, 0.3) is 5.56 Å². The average Bonchev–Trinajstić information content (AvgIpc) is 3.18. The number of aromatic nitrogens is 4. The van der Waals surface area contributed by atoms with Crippen LogP contribution in [0.5, 0.6) is 0 Å². The quantitative estimate of drug-likeness (QED) is 0.655. The van der Waals surface area contributed by atoms with Gasteiger partial charge in [0, 0.05) is 26.2 Å². The monoisotopic (exact) mass is 396 g/mol. The number of piperidine rings is 1. The van der Waals surface area contributed by atoms with Crippen LogP contribution in [0, 0.1) is 0 Å². The Morgan fingerprint density at radius 1 is 1.28 bits per heavy atom. The molecule has 152 valence electrons. The summed E-state index contributed by atoms with van der Waals surface area (Å²) in [7, 11) is 1.60. The molecule has 1 aliphatic rings. The van der Waals surface area contributed by atoms with E-state index in [1.807, 2.05) is 35.2 Å². The molecule has 3 aromatic rings. The van der Waals surface area contributed by atoms with Gasteiger partial charge >= 0.3 is 0 Å². The lowest BCUT2D eigenvalue weighted by atomic mass is 10.0. The lowest BCUT2D eigenvalue weighted by Crippen LogP contribution is -2.43. The first-order valence-corrected chi connectivity index (χ1v) is 9.72. The second-order valence-electron chi connectivity index (χ2n) is 7.09. The van der Waals surface area contributed by atoms with Crippen molar-refractivity contribution < 1.29 is 9.53 Å². The Morgan fingerprint density at radius 2 is 2.03 bits per heavy atom. The summed E-state index contributed by atoms with van der Waals surface area (Å²) >= 11 is 0. The van der Waals surface area contributed by atoms with Crippen LogP contribution in [0.2, 0.25) is 0 Å². The minimum absolute atomic E-state index is 0.116. The van der Waals surface area contributed by atoms with E-state index >= 15 is 0 Å². The van der Waals surface area contributed by atoms with Crippen molar-refractivity contribution in [2.24, 2.45) is 0 Å². The summed E-state index contributed by atoms with van der Waals surface area (Å²) in [6, 6.07) is 9.72. The summed E-state index contributed by atoms with van der Waals surface area (Å²) < 4.78 is 6.64. The number of para-hydroxylation sites is 1. The van der Waals surface area contributed by atoms with Gasteiger partial charge in [-0.25, -0.2) is 4.68 Å². The Labute approximate surface area is 167 Å². The number of methoxy groups -OCH3 is 1. The summed E-state index contributed by atoms with van der Waals surface area (Å²) in [6.45, 7) is 1.79. The fourth-order valence-electron chi connectivity index (χ4n) is 3.56. The second kappa shape index (κ2) is 8.44. The molecule has 3 heterocycles. The van der Waals surface area contributed by atoms with Crippen LogP contribution >= 0.6 is 0 Å². The van der Waals surface area contributed by atoms with Gasteiger partial charge in [-0.3, -0.25) is 14.6 Å². The van der Waals surface area contributed by atoms with Crippen LogP contribution < -0.4 is 10.9 Å². The number of hydrogen-bond acceptors (Lipinski definition) is 6. The molecule has 1 saturated heterocycles. The van der Waals surface area contributed by atoms with Gasteiger partial charge in [-0.1, -0.05) is 18.2 Å². The van der Waals surface area contributed by atoms with Gasteiger partial charge in [-0.2, -0.15) is 10.1 Å². The van der Waals surface area contributed by atoms with E-state index in [1.165, 1.54) is 6.20 Å². The summed E-state index contributed by atoms with van der Waals surface area (Å²) in [5, 5.41) is 8.08. The first-order chi connectivity index (χ1) is 14.2. The van der Waals surface area contributed by atoms with Crippen LogP contribution in [0.15, 0.2) is 41.3 Å². The summed E-state index contributed by atoms with van der Waals surface area (Å²) in [4.78, 5) is 33.8. The molecule has 2 N–H and O–H groups in total. The number of nitrogens with zero attached hydrogens (tertiary/aromatic N) is 4. The maximum absolute atomic E-state index is 12.5. The standard InChI is InChI=1S/C20H24N6O3/c1-29-12-9-17(27)25-10-7-14(8-11-25)22-20-23-18-16(19(28)24-20)13-21-26(18)15-5-3-2-4-6-15/h2-6,13-14H,7-12H2,1H3,(H2,22,23,24,28). The zero-order valence-electron chi connectivity index (χ0n) is 16.3. The Bertz CT molecular complexity index is 1040. The number of benzene rings is 1. The van der Waals surface area contributed by atoms with Crippen LogP contribution in [-0.2, 0) is 9.53 Å². The minimum Gasteiger partial charge on any atom is -0.384 e. The maximum Gasteiger partial charge on any atom is 0.263 e. The van der Waals surface area contributed by atoms with Crippen molar-refractivity contribution in [2.75, 3.05) is 32.1 Å². The van der Waals surface area contributed by atoms with E-state index in [9.17, 15) is 9.59 Å². The average molecular weight is 396 g/mol. The number of amides is 1. The Hall–Kier alpha value is -3.20. The van der Waals surface area contributed by atoms with Crippen molar-refractivity contribution in [1.29, 1.82) is 0 Å². The summed E-state index contributed by atoms with van der Waals surface area (Å²) in [6.07, 6.45) is 3.52. The zero-order chi connectivity index (χ0) is 20.2. The first-order valence-electron chi connectivity index (χ1n) is 9.72. The van der Waals surface area contributed by atoms with Gasteiger partial charge in [0.15, 0.2) is 5.65 Å². The molecule has 0 unspecified atom stereocenters. The smallest absolute Gasteiger partial charge is 0.263 e. The number of likely N-dealkylation sites (tertiary alicyclic amines) is 1. The topological polar surface area (TPSA) is 105 Å². The zero-order valence-corrected chi connectivity index (χ0v) is 16.3. The highest BCUT2D eigenvalue weighted by atomic mass is 16.5. The number of H-pyrrole nitrogens is 1. The van der Waals surface area contributed by atoms with E-state index in [2.05, 4.69) is 20.4 Å². The first kappa shape index (κ1) is 19.1. The highest BCUT2D eigenvalue weighted by Gasteiger charge is 2.23. The number of anilines is 1. The number of hydrogen-bond donors (Lipinski definition) is 2. The van der Waals surface area contributed by atoms with Crippen LogP contribution in [0.25, 0.3) is 16.7 Å². The van der Waals surface area contributed by atoms with Gasteiger partial charge in [-0.05, 0) is 25.0 Å². The largest absolute Gasteiger partial charge is 0.384 e. The van der Waals surface area contributed by atoms with Crippen LogP contribution in [0.4, 0.5) is 5.95 Å². The Morgan fingerprint density at radius 3 is 2.76 bits per heavy atom. The summed E-state index contributed by atoms with van der Waals surface area (Å²) in [5.41, 5.74) is 1.12. The second-order valence-corrected chi connectivity index (χ2v) is 7.09. The molecule has 1 amide bonds. The molecule has 9 heteroatoms. The number of nitrogens with one attached hydrogen (secondary N) is 2. The van der Waals surface area contributed by atoms with Crippen molar-refractivity contribution in [3.8, 4) is 5.69 Å². The minimum atomic E-state index is -0.230. The molecule has 0 radical (unpaired) electrons. The highest BCUT2D eigenvalue weighted by Crippen LogP contribution is 2.18. The van der Waals surface area contributed by atoms with E-state index in [0.717, 1.165) is 18.5 Å². The van der Waals surface area contributed by atoms with E-state index in [0.29, 0.717) is 43.1 Å². The van der Waals surface area contributed by atoms with Crippen molar-refractivity contribution in [3.05, 3.63) is 46.9 Å². The fourth-order valence-corrected chi connectivity index (χ4v) is 3.56. The molecule has 1 fully saturated rings. The molecule has 1 aliphatic heterocycles. The molecule has 9 nitrogen and oxygen atoms in total. The van der Waals surface area contributed by atoms with Crippen molar-refractivity contribution >= 4 is 22.9 Å². The molecule has 0 aliphatic carbocycles. The predicted molar refractivity (Wildman–Crippen MR) is 109 cm³/mol. The fraction of sp³-hybridized carbons (Fsp3) is 0.400. The SMILES string of the molecule is COCCC(=O)N1CCC(Nc2nc3c(cnn3-c3ccccc3)c(=O)[nH]2)CC1. The van der Waals surface area contributed by atoms with Gasteiger partial charge in [0.05, 0.1) is 24.9 Å². The number of fused-ring (bicyclic) bond motifs is 1. The third-order valence-electron chi connectivity index (χ3n) is 5.15. The van der Waals surface area contributed by atoms with Gasteiger partial charge < -0.3 is 15.0 Å². The molecule has 0 atom stereocenters. The van der Waals surface area contributed by atoms with E-state index in [-0.39, 0.29) is 17.5 Å². The number of rotatable bonds is 6. The maximum atomic E-state index is 12.5. The molecule has 4 rings (SSSR count). The van der Waals surface area contributed by atoms with Crippen LogP contribution in [0.3, 0.4) is 0 Å². The number of carbonyl (C=O) groups excluding carboxylic acids is 1. The van der Waals surface area contributed by atoms with Crippen LogP contribution in [0.1, 0.15) is 19.3 Å². The third-order valence-corrected chi connectivity index (χ3v) is 5.15. The molecule has 2 aromatic heterocycles. The normalized spacial score (nSPS) is 15.0. The van der Waals surface area contributed by atoms with Gasteiger partial charge in [-0.15, -0.1) is 0 Å². The van der Waals surface area contributed by atoms with E-state index in [1.54, 1.807) is 11.8 Å². The van der Waals surface area contributed by atoms with Crippen molar-refractivity contribution in [1.82, 2.24) is 24.6 Å². The van der Waals surface area contributed by atoms with E-state index < -0.39 is 0 Å². The molecular weight excluding hydrogens is 372 g/mol. The van der Waals surface area contributed by atoms with Crippen molar-refractivity contribution in [3.63, 3.8) is 0 Å². The molecular formula is C20H24N6O3. The number of aromatic amines is 1. The van der Waals surface area contributed by atoms with Gasteiger partial charge in [0.2, 0.25) is 11.9 Å². The third kappa shape index (κ3) is 4.14. The van der Waals surface area contributed by atoms with Crippen LogP contribution in [-0.4, -0.2) is 63.4 Å². The number of carbonyl (C=O) groups is 1.